The average Bonchev–Trinajstić information content (AvgIpc) is 3.84. The predicted molar refractivity (Wildman–Crippen MR) is 157 cm³/mol. The molecule has 8 heteroatoms. The van der Waals surface area contributed by atoms with Gasteiger partial charge in [0, 0.05) is 22.3 Å². The van der Waals surface area contributed by atoms with Gasteiger partial charge in [-0.2, -0.15) is 0 Å². The van der Waals surface area contributed by atoms with E-state index in [9.17, 15) is 4.79 Å². The molecule has 2 heterocycles. The zero-order chi connectivity index (χ0) is 28.8. The third kappa shape index (κ3) is 4.93. The maximum absolute atomic E-state index is 12.6. The van der Waals surface area contributed by atoms with Gasteiger partial charge in [0.25, 0.3) is 0 Å². The van der Waals surface area contributed by atoms with Crippen molar-refractivity contribution in [2.75, 3.05) is 6.61 Å². The molecule has 3 aromatic carbocycles. The van der Waals surface area contributed by atoms with Crippen LogP contribution >= 0.6 is 0 Å². The van der Waals surface area contributed by atoms with Crippen molar-refractivity contribution >= 4 is 5.97 Å². The number of nitrogens with zero attached hydrogens (tertiary/aromatic N) is 4. The smallest absolute Gasteiger partial charge is 0.338 e. The van der Waals surface area contributed by atoms with Gasteiger partial charge in [0.05, 0.1) is 12.2 Å². The molecule has 2 bridgehead atoms. The molecule has 0 saturated heterocycles. The van der Waals surface area contributed by atoms with Crippen molar-refractivity contribution in [3.05, 3.63) is 95.1 Å². The fourth-order valence-electron chi connectivity index (χ4n) is 5.93. The minimum atomic E-state index is -0.308. The van der Waals surface area contributed by atoms with Crippen molar-refractivity contribution in [1.29, 1.82) is 0 Å². The Morgan fingerprint density at radius 1 is 0.714 bits per heavy atom. The number of rotatable bonds is 7. The number of carbonyl (C=O) groups is 1. The minimum absolute atomic E-state index is 0.308. The molecule has 0 amide bonds. The Morgan fingerprint density at radius 3 is 1.69 bits per heavy atom. The molecule has 3 unspecified atom stereocenters. The van der Waals surface area contributed by atoms with Gasteiger partial charge in [-0.15, -0.1) is 20.4 Å². The van der Waals surface area contributed by atoms with Crippen molar-refractivity contribution in [3.63, 3.8) is 0 Å². The molecule has 0 N–H and O–H groups in total. The second-order valence-electron chi connectivity index (χ2n) is 11.4. The van der Waals surface area contributed by atoms with Gasteiger partial charge in [-0.05, 0) is 129 Å². The van der Waals surface area contributed by atoms with Crippen LogP contribution in [0.3, 0.4) is 0 Å². The topological polar surface area (TPSA) is 104 Å². The van der Waals surface area contributed by atoms with Crippen LogP contribution in [0.4, 0.5) is 0 Å². The number of esters is 1. The minimum Gasteiger partial charge on any atom is -0.462 e. The summed E-state index contributed by atoms with van der Waals surface area (Å²) in [6, 6.07) is 18.7. The first-order chi connectivity index (χ1) is 20.4. The molecule has 0 spiro atoms. The molecule has 210 valence electrons. The molecule has 8 nitrogen and oxygen atoms in total. The lowest BCUT2D eigenvalue weighted by Crippen LogP contribution is -2.17. The predicted octanol–water partition coefficient (Wildman–Crippen LogP) is 7.41. The highest BCUT2D eigenvalue weighted by Gasteiger charge is 2.36. The van der Waals surface area contributed by atoms with E-state index in [-0.39, 0.29) is 5.97 Å². The Bertz CT molecular complexity index is 1780. The summed E-state index contributed by atoms with van der Waals surface area (Å²) >= 11 is 0. The summed E-state index contributed by atoms with van der Waals surface area (Å²) in [5, 5.41) is 16.9. The van der Waals surface area contributed by atoms with E-state index < -0.39 is 0 Å². The quantitative estimate of drug-likeness (QED) is 0.150. The van der Waals surface area contributed by atoms with Crippen LogP contribution in [0.5, 0.6) is 0 Å². The van der Waals surface area contributed by atoms with E-state index >= 15 is 0 Å². The van der Waals surface area contributed by atoms with Gasteiger partial charge in [0.1, 0.15) is 0 Å². The third-order valence-electron chi connectivity index (χ3n) is 8.62. The molecule has 42 heavy (non-hydrogen) atoms. The Morgan fingerprint density at radius 2 is 1.21 bits per heavy atom. The van der Waals surface area contributed by atoms with Gasteiger partial charge >= 0.3 is 5.97 Å². The Labute approximate surface area is 243 Å². The van der Waals surface area contributed by atoms with E-state index in [1.165, 1.54) is 23.1 Å². The van der Waals surface area contributed by atoms with Gasteiger partial charge < -0.3 is 13.6 Å². The summed E-state index contributed by atoms with van der Waals surface area (Å²) in [6.45, 7) is 6.73. The number of allylic oxidation sites excluding steroid dienone is 2. The number of benzene rings is 3. The first-order valence-corrected chi connectivity index (χ1v) is 14.2. The van der Waals surface area contributed by atoms with Gasteiger partial charge in [-0.1, -0.05) is 12.2 Å². The van der Waals surface area contributed by atoms with Crippen LogP contribution in [0.15, 0.2) is 81.7 Å². The van der Waals surface area contributed by atoms with Crippen molar-refractivity contribution in [2.45, 2.75) is 33.6 Å². The first kappa shape index (κ1) is 26.1. The number of hydrogen-bond donors (Lipinski definition) is 0. The SMILES string of the molecule is Cc1cc(-c2nnc(-c3ccc(-c4nnc(-c5ccc(C(=O)OCC6CC7C=CC6C7)cc5)o4)cc3)o2)cc(C)c1C. The number of ether oxygens (including phenoxy) is 1. The van der Waals surface area contributed by atoms with E-state index in [4.69, 9.17) is 13.6 Å². The monoisotopic (exact) mass is 558 g/mol. The summed E-state index contributed by atoms with van der Waals surface area (Å²) < 4.78 is 17.5. The van der Waals surface area contributed by atoms with Crippen molar-refractivity contribution in [2.24, 2.45) is 17.8 Å². The molecule has 2 aliphatic rings. The normalized spacial score (nSPS) is 19.0. The van der Waals surface area contributed by atoms with E-state index in [0.717, 1.165) is 28.7 Å². The molecule has 1 fully saturated rings. The number of aromatic nitrogens is 4. The Kier molecular flexibility index (Phi) is 6.53. The van der Waals surface area contributed by atoms with Crippen LogP contribution in [0.25, 0.3) is 45.8 Å². The third-order valence-corrected chi connectivity index (χ3v) is 8.62. The first-order valence-electron chi connectivity index (χ1n) is 14.2. The molecular formula is C34H30N4O4. The lowest BCUT2D eigenvalue weighted by atomic mass is 9.95. The average molecular weight is 559 g/mol. The Balaban J connectivity index is 1.00. The lowest BCUT2D eigenvalue weighted by molar-refractivity contribution is 0.0420. The number of fused-ring (bicyclic) bond motifs is 2. The molecule has 0 aliphatic heterocycles. The molecule has 7 rings (SSSR count). The fraction of sp³-hybridized carbons (Fsp3) is 0.265. The molecule has 5 aromatic rings. The molecule has 1 saturated carbocycles. The van der Waals surface area contributed by atoms with E-state index in [1.807, 2.05) is 24.3 Å². The summed E-state index contributed by atoms with van der Waals surface area (Å²) in [4.78, 5) is 12.6. The standard InChI is InChI=1S/C34H30N4O4/c1-19-14-28(15-20(2)21(19)3)33-38-37-32(42-33)24-8-6-23(7-9-24)30-35-36-31(41-30)25-10-12-26(13-11-25)34(39)40-18-29-17-22-4-5-27(29)16-22/h4-15,22,27,29H,16-18H2,1-3H3. The van der Waals surface area contributed by atoms with Crippen molar-refractivity contribution < 1.29 is 18.4 Å². The van der Waals surface area contributed by atoms with E-state index in [1.54, 1.807) is 24.3 Å². The van der Waals surface area contributed by atoms with Crippen LogP contribution in [0.1, 0.15) is 39.9 Å². The highest BCUT2D eigenvalue weighted by molar-refractivity contribution is 5.89. The van der Waals surface area contributed by atoms with Crippen LogP contribution in [-0.4, -0.2) is 33.0 Å². The summed E-state index contributed by atoms with van der Waals surface area (Å²) in [5.41, 5.74) is 7.31. The number of aryl methyl sites for hydroxylation is 2. The van der Waals surface area contributed by atoms with Crippen molar-refractivity contribution in [1.82, 2.24) is 20.4 Å². The number of hydrogen-bond acceptors (Lipinski definition) is 8. The molecular weight excluding hydrogens is 528 g/mol. The van der Waals surface area contributed by atoms with Crippen LogP contribution in [-0.2, 0) is 4.74 Å². The molecule has 2 aromatic heterocycles. The zero-order valence-corrected chi connectivity index (χ0v) is 23.7. The van der Waals surface area contributed by atoms with Crippen LogP contribution < -0.4 is 0 Å². The largest absolute Gasteiger partial charge is 0.462 e. The maximum atomic E-state index is 12.6. The van der Waals surface area contributed by atoms with Gasteiger partial charge in [-0.25, -0.2) is 4.79 Å². The number of carbonyl (C=O) groups excluding carboxylic acids is 1. The molecule has 2 aliphatic carbocycles. The van der Waals surface area contributed by atoms with Gasteiger partial charge in [0.2, 0.25) is 23.6 Å². The second kappa shape index (κ2) is 10.5. The van der Waals surface area contributed by atoms with Crippen molar-refractivity contribution in [3.8, 4) is 45.8 Å². The highest BCUT2D eigenvalue weighted by atomic mass is 16.5. The maximum Gasteiger partial charge on any atom is 0.338 e. The highest BCUT2D eigenvalue weighted by Crippen LogP contribution is 2.43. The van der Waals surface area contributed by atoms with E-state index in [2.05, 4.69) is 65.5 Å². The van der Waals surface area contributed by atoms with Crippen LogP contribution in [0.2, 0.25) is 0 Å². The second-order valence-corrected chi connectivity index (χ2v) is 11.4. The van der Waals surface area contributed by atoms with E-state index in [0.29, 0.717) is 53.5 Å². The van der Waals surface area contributed by atoms with Crippen LogP contribution in [0, 0.1) is 38.5 Å². The summed E-state index contributed by atoms with van der Waals surface area (Å²) in [7, 11) is 0. The van der Waals surface area contributed by atoms with Gasteiger partial charge in [-0.3, -0.25) is 0 Å². The molecule has 0 radical (unpaired) electrons. The molecule has 3 atom stereocenters. The summed E-state index contributed by atoms with van der Waals surface area (Å²) in [6.07, 6.45) is 6.87. The van der Waals surface area contributed by atoms with Gasteiger partial charge in [0.15, 0.2) is 0 Å². The summed E-state index contributed by atoms with van der Waals surface area (Å²) in [5.74, 6) is 3.01. The lowest BCUT2D eigenvalue weighted by Gasteiger charge is -2.17. The Hall–Kier alpha value is -4.85. The zero-order valence-electron chi connectivity index (χ0n) is 23.7. The fourth-order valence-corrected chi connectivity index (χ4v) is 5.93.